The normalized spacial score (nSPS) is 40.0. The lowest BCUT2D eigenvalue weighted by Gasteiger charge is -2.53. The van der Waals surface area contributed by atoms with Gasteiger partial charge < -0.3 is 9.15 Å². The third-order valence-electron chi connectivity index (χ3n) is 6.24. The van der Waals surface area contributed by atoms with Gasteiger partial charge in [-0.15, -0.1) is 0 Å². The molecule has 8 nitrogen and oxygen atoms in total. The van der Waals surface area contributed by atoms with Crippen LogP contribution < -0.4 is 10.6 Å². The molecule has 8 heteroatoms. The Hall–Kier alpha value is -2.90. The number of nitrogens with one attached hydrogen (secondary N) is 2. The Morgan fingerprint density at radius 3 is 2.15 bits per heavy atom. The maximum absolute atomic E-state index is 12.5. The van der Waals surface area contributed by atoms with Crippen molar-refractivity contribution in [2.45, 2.75) is 13.5 Å². The van der Waals surface area contributed by atoms with E-state index in [1.165, 1.54) is 6.26 Å². The van der Waals surface area contributed by atoms with Crippen LogP contribution in [-0.4, -0.2) is 23.6 Å². The van der Waals surface area contributed by atoms with Crippen molar-refractivity contribution >= 4 is 23.6 Å². The smallest absolute Gasteiger partial charge is 0.231 e. The Morgan fingerprint density at radius 1 is 1.00 bits per heavy atom. The van der Waals surface area contributed by atoms with Crippen LogP contribution in [0.2, 0.25) is 0 Å². The topological polar surface area (TPSA) is 115 Å². The Balaban J connectivity index is 1.60. The van der Waals surface area contributed by atoms with Crippen molar-refractivity contribution in [2.24, 2.45) is 35.0 Å². The Labute approximate surface area is 147 Å². The van der Waals surface area contributed by atoms with Crippen molar-refractivity contribution < 1.29 is 28.3 Å². The van der Waals surface area contributed by atoms with E-state index in [4.69, 9.17) is 9.15 Å². The van der Waals surface area contributed by atoms with Gasteiger partial charge in [0.25, 0.3) is 0 Å². The molecule has 4 amide bonds. The summed E-state index contributed by atoms with van der Waals surface area (Å²) in [5.41, 5.74) is -0.963. The van der Waals surface area contributed by atoms with E-state index in [0.717, 1.165) is 0 Å². The minimum atomic E-state index is -0.963. The summed E-state index contributed by atoms with van der Waals surface area (Å²) in [4.78, 5) is 49.7. The maximum atomic E-state index is 12.5. The van der Waals surface area contributed by atoms with E-state index in [-0.39, 0.29) is 18.4 Å². The molecule has 26 heavy (non-hydrogen) atoms. The van der Waals surface area contributed by atoms with Crippen LogP contribution in [-0.2, 0) is 30.5 Å². The summed E-state index contributed by atoms with van der Waals surface area (Å²) in [6.07, 6.45) is 3.29. The molecule has 0 radical (unpaired) electrons. The van der Waals surface area contributed by atoms with Gasteiger partial charge in [0.05, 0.1) is 35.7 Å². The summed E-state index contributed by atoms with van der Waals surface area (Å²) in [5, 5.41) is 4.73. The van der Waals surface area contributed by atoms with Gasteiger partial charge in [0, 0.05) is 11.3 Å². The fourth-order valence-corrected chi connectivity index (χ4v) is 5.31. The van der Waals surface area contributed by atoms with E-state index >= 15 is 0 Å². The molecular weight excluding hydrogens is 340 g/mol. The molecule has 2 bridgehead atoms. The van der Waals surface area contributed by atoms with Crippen LogP contribution >= 0.6 is 0 Å². The number of amides is 4. The van der Waals surface area contributed by atoms with Gasteiger partial charge in [-0.1, -0.05) is 6.92 Å². The predicted octanol–water partition coefficient (Wildman–Crippen LogP) is 0.107. The largest absolute Gasteiger partial charge is 0.490 e. The van der Waals surface area contributed by atoms with Crippen molar-refractivity contribution in [3.8, 4) is 0 Å². The summed E-state index contributed by atoms with van der Waals surface area (Å²) >= 11 is 0. The van der Waals surface area contributed by atoms with Crippen molar-refractivity contribution in [3.05, 3.63) is 36.0 Å². The van der Waals surface area contributed by atoms with E-state index in [9.17, 15) is 19.2 Å². The van der Waals surface area contributed by atoms with Crippen LogP contribution in [0.4, 0.5) is 0 Å². The number of hydrogen-bond donors (Lipinski definition) is 2. The number of hydrogen-bond acceptors (Lipinski definition) is 6. The van der Waals surface area contributed by atoms with Gasteiger partial charge in [0.2, 0.25) is 23.6 Å². The molecule has 134 valence electrons. The number of allylic oxidation sites excluding steroid dienone is 2. The summed E-state index contributed by atoms with van der Waals surface area (Å²) in [5.74, 6) is -3.92. The minimum Gasteiger partial charge on any atom is -0.490 e. The molecule has 4 atom stereocenters. The maximum Gasteiger partial charge on any atom is 0.231 e. The molecule has 0 unspecified atom stereocenters. The molecular formula is C18H16N2O6. The zero-order valence-corrected chi connectivity index (χ0v) is 13.9. The number of furan rings is 1. The van der Waals surface area contributed by atoms with Gasteiger partial charge in [-0.25, -0.2) is 0 Å². The number of ether oxygens (including phenoxy) is 1. The fraction of sp³-hybridized carbons (Fsp3) is 0.444. The van der Waals surface area contributed by atoms with Crippen molar-refractivity contribution in [1.29, 1.82) is 0 Å². The number of imide groups is 2. The molecule has 2 saturated heterocycles. The molecule has 3 fully saturated rings. The molecule has 1 saturated carbocycles. The molecule has 5 aliphatic rings. The third-order valence-corrected chi connectivity index (χ3v) is 6.24. The lowest BCUT2D eigenvalue weighted by atomic mass is 9.47. The summed E-state index contributed by atoms with van der Waals surface area (Å²) < 4.78 is 11.2. The Kier molecular flexibility index (Phi) is 2.86. The first-order valence-electron chi connectivity index (χ1n) is 8.49. The zero-order chi connectivity index (χ0) is 18.2. The van der Waals surface area contributed by atoms with Gasteiger partial charge in [-0.2, -0.15) is 0 Å². The van der Waals surface area contributed by atoms with E-state index < -0.39 is 46.8 Å². The first kappa shape index (κ1) is 15.4. The van der Waals surface area contributed by atoms with E-state index in [2.05, 4.69) is 10.6 Å². The second-order valence-electron chi connectivity index (χ2n) is 7.52. The average Bonchev–Trinajstić information content (AvgIpc) is 3.27. The van der Waals surface area contributed by atoms with E-state index in [1.54, 1.807) is 25.1 Å². The monoisotopic (exact) mass is 356 g/mol. The van der Waals surface area contributed by atoms with E-state index in [0.29, 0.717) is 11.5 Å². The highest BCUT2D eigenvalue weighted by molar-refractivity contribution is 6.11. The molecule has 3 aliphatic carbocycles. The lowest BCUT2D eigenvalue weighted by molar-refractivity contribution is -0.150. The Bertz CT molecular complexity index is 844. The first-order chi connectivity index (χ1) is 12.4. The molecule has 3 heterocycles. The van der Waals surface area contributed by atoms with Gasteiger partial charge >= 0.3 is 0 Å². The quantitative estimate of drug-likeness (QED) is 0.743. The van der Waals surface area contributed by atoms with Crippen LogP contribution in [0.5, 0.6) is 0 Å². The van der Waals surface area contributed by atoms with Gasteiger partial charge in [0.1, 0.15) is 12.4 Å². The molecule has 2 aliphatic heterocycles. The number of carbonyl (C=O) groups is 4. The van der Waals surface area contributed by atoms with Crippen LogP contribution in [0.3, 0.4) is 0 Å². The highest BCUT2D eigenvalue weighted by Gasteiger charge is 2.72. The van der Waals surface area contributed by atoms with Gasteiger partial charge in [-0.05, 0) is 18.2 Å². The Morgan fingerprint density at radius 2 is 1.62 bits per heavy atom. The van der Waals surface area contributed by atoms with Crippen molar-refractivity contribution in [2.75, 3.05) is 0 Å². The number of carbonyl (C=O) groups excluding carboxylic acids is 4. The van der Waals surface area contributed by atoms with Crippen LogP contribution in [0.1, 0.15) is 12.7 Å². The molecule has 0 spiro atoms. The SMILES string of the molecule is CC12C=C(OCc3ccco3)C([C@@H]3C(=O)NC(=O)[C@@H]31)[C@@H]1C(=O)NC(=O)[C@@H]12. The zero-order valence-electron chi connectivity index (χ0n) is 13.9. The average molecular weight is 356 g/mol. The standard InChI is InChI=1S/C18H16N2O6/c1-18-5-8(26-6-7-3-2-4-25-7)9(10-12(18)16(23)19-14(10)21)11-13(18)17(24)20-15(11)22/h2-5,9-13H,6H2,1H3,(H,19,21,23)(H,20,22,24)/t9?,10-,11-,12+,13+,18?/m0/s1. The van der Waals surface area contributed by atoms with Gasteiger partial charge in [-0.3, -0.25) is 29.8 Å². The van der Waals surface area contributed by atoms with Crippen LogP contribution in [0, 0.1) is 35.0 Å². The van der Waals surface area contributed by atoms with Gasteiger partial charge in [0.15, 0.2) is 0 Å². The molecule has 1 aromatic heterocycles. The predicted molar refractivity (Wildman–Crippen MR) is 83.4 cm³/mol. The van der Waals surface area contributed by atoms with Crippen LogP contribution in [0.25, 0.3) is 0 Å². The molecule has 2 N–H and O–H groups in total. The molecule has 6 rings (SSSR count). The molecule has 1 aromatic rings. The van der Waals surface area contributed by atoms with Crippen molar-refractivity contribution in [3.63, 3.8) is 0 Å². The fourth-order valence-electron chi connectivity index (χ4n) is 5.31. The highest BCUT2D eigenvalue weighted by atomic mass is 16.5. The summed E-state index contributed by atoms with van der Waals surface area (Å²) in [7, 11) is 0. The third kappa shape index (κ3) is 1.73. The van der Waals surface area contributed by atoms with Crippen molar-refractivity contribution in [1.82, 2.24) is 10.6 Å². The second-order valence-corrected chi connectivity index (χ2v) is 7.52. The first-order valence-corrected chi connectivity index (χ1v) is 8.49. The summed E-state index contributed by atoms with van der Waals surface area (Å²) in [6, 6.07) is 3.49. The second kappa shape index (κ2) is 4.84. The lowest BCUT2D eigenvalue weighted by Crippen LogP contribution is -2.58. The number of rotatable bonds is 3. The highest BCUT2D eigenvalue weighted by Crippen LogP contribution is 2.63. The van der Waals surface area contributed by atoms with Crippen LogP contribution in [0.15, 0.2) is 34.6 Å². The molecule has 0 aromatic carbocycles. The van der Waals surface area contributed by atoms with E-state index in [1.807, 2.05) is 0 Å². The minimum absolute atomic E-state index is 0.144. The summed E-state index contributed by atoms with van der Waals surface area (Å²) in [6.45, 7) is 1.90.